The zero-order valence-electron chi connectivity index (χ0n) is 15.0. The van der Waals surface area contributed by atoms with E-state index in [2.05, 4.69) is 50.3 Å². The summed E-state index contributed by atoms with van der Waals surface area (Å²) in [4.78, 5) is 14.0. The van der Waals surface area contributed by atoms with E-state index in [0.29, 0.717) is 12.5 Å². The van der Waals surface area contributed by atoms with Crippen molar-refractivity contribution in [2.24, 2.45) is 0 Å². The lowest BCUT2D eigenvalue weighted by atomic mass is 10.1. The highest BCUT2D eigenvalue weighted by Gasteiger charge is 2.25. The molecule has 7 nitrogen and oxygen atoms in total. The first-order valence-electron chi connectivity index (χ1n) is 9.29. The van der Waals surface area contributed by atoms with Crippen molar-refractivity contribution in [1.29, 1.82) is 0 Å². The van der Waals surface area contributed by atoms with Crippen LogP contribution in [0.25, 0.3) is 11.6 Å². The van der Waals surface area contributed by atoms with Gasteiger partial charge in [0, 0.05) is 49.8 Å². The minimum atomic E-state index is 0.242. The number of rotatable bonds is 4. The summed E-state index contributed by atoms with van der Waals surface area (Å²) in [5.41, 5.74) is 2.05. The summed E-state index contributed by atoms with van der Waals surface area (Å²) >= 11 is 1.63. The molecule has 0 N–H and O–H groups in total. The maximum Gasteiger partial charge on any atom is 0.277 e. The number of ether oxygens (including phenoxy) is 1. The fourth-order valence-corrected chi connectivity index (χ4v) is 4.40. The van der Waals surface area contributed by atoms with Crippen LogP contribution in [0.1, 0.15) is 18.2 Å². The van der Waals surface area contributed by atoms with Crippen LogP contribution in [-0.4, -0.2) is 54.5 Å². The Morgan fingerprint density at radius 1 is 1.00 bits per heavy atom. The Balaban J connectivity index is 1.25. The highest BCUT2D eigenvalue weighted by molar-refractivity contribution is 7.14. The van der Waals surface area contributed by atoms with Gasteiger partial charge in [-0.15, -0.1) is 11.3 Å². The lowest BCUT2D eigenvalue weighted by molar-refractivity contribution is 0.192. The van der Waals surface area contributed by atoms with Crippen molar-refractivity contribution >= 4 is 22.2 Å². The Bertz CT molecular complexity index is 882. The Morgan fingerprint density at radius 2 is 1.81 bits per heavy atom. The first kappa shape index (κ1) is 16.7. The molecule has 0 radical (unpaired) electrons. The topological polar surface area (TPSA) is 67.5 Å². The number of hydrogen-bond acceptors (Lipinski definition) is 8. The van der Waals surface area contributed by atoms with Crippen LogP contribution < -0.4 is 9.80 Å². The van der Waals surface area contributed by atoms with E-state index in [1.807, 2.05) is 5.38 Å². The lowest BCUT2D eigenvalue weighted by Crippen LogP contribution is -2.46. The SMILES string of the molecule is c1ccc(N2CCN(c3nc(-c4nc(C5CCOC5)no4)cs3)CC2)cc1. The van der Waals surface area contributed by atoms with Crippen LogP contribution in [0.3, 0.4) is 0 Å². The van der Waals surface area contributed by atoms with Crippen molar-refractivity contribution in [2.45, 2.75) is 12.3 Å². The number of hydrogen-bond donors (Lipinski definition) is 0. The second-order valence-corrected chi connectivity index (χ2v) is 7.68. The molecule has 0 spiro atoms. The maximum absolute atomic E-state index is 5.44. The van der Waals surface area contributed by atoms with Crippen molar-refractivity contribution in [2.75, 3.05) is 49.2 Å². The van der Waals surface area contributed by atoms with Crippen molar-refractivity contribution in [3.05, 3.63) is 41.5 Å². The second kappa shape index (κ2) is 7.28. The van der Waals surface area contributed by atoms with Gasteiger partial charge in [0.25, 0.3) is 5.89 Å². The van der Waals surface area contributed by atoms with Gasteiger partial charge in [0.15, 0.2) is 11.0 Å². The summed E-state index contributed by atoms with van der Waals surface area (Å²) in [5.74, 6) is 1.47. The first-order valence-corrected chi connectivity index (χ1v) is 10.2. The van der Waals surface area contributed by atoms with Crippen LogP contribution in [0.15, 0.2) is 40.2 Å². The zero-order valence-corrected chi connectivity index (χ0v) is 15.8. The molecule has 3 aromatic rings. The van der Waals surface area contributed by atoms with Crippen LogP contribution in [0.2, 0.25) is 0 Å². The van der Waals surface area contributed by atoms with Crippen LogP contribution in [0, 0.1) is 0 Å². The molecule has 2 aliphatic rings. The van der Waals surface area contributed by atoms with Crippen molar-refractivity contribution in [3.63, 3.8) is 0 Å². The number of anilines is 2. The van der Waals surface area contributed by atoms with Crippen LogP contribution in [-0.2, 0) is 4.74 Å². The molecular weight excluding hydrogens is 362 g/mol. The van der Waals surface area contributed by atoms with E-state index >= 15 is 0 Å². The van der Waals surface area contributed by atoms with Gasteiger partial charge >= 0.3 is 0 Å². The Morgan fingerprint density at radius 3 is 2.59 bits per heavy atom. The van der Waals surface area contributed by atoms with Crippen LogP contribution in [0.5, 0.6) is 0 Å². The minimum Gasteiger partial charge on any atom is -0.381 e. The van der Waals surface area contributed by atoms with Crippen molar-refractivity contribution in [3.8, 4) is 11.6 Å². The summed E-state index contributed by atoms with van der Waals surface area (Å²) in [5, 5.41) is 7.13. The molecule has 5 rings (SSSR count). The van der Waals surface area contributed by atoms with Gasteiger partial charge in [-0.1, -0.05) is 23.4 Å². The Labute approximate surface area is 161 Å². The number of nitrogens with zero attached hydrogens (tertiary/aromatic N) is 5. The molecule has 4 heterocycles. The van der Waals surface area contributed by atoms with E-state index in [1.54, 1.807) is 11.3 Å². The number of thiazole rings is 1. The molecule has 0 aliphatic carbocycles. The van der Waals surface area contributed by atoms with E-state index < -0.39 is 0 Å². The van der Waals surface area contributed by atoms with Gasteiger partial charge in [-0.2, -0.15) is 4.98 Å². The maximum atomic E-state index is 5.44. The standard InChI is InChI=1S/C19H21N5O2S/c1-2-4-15(5-3-1)23-7-9-24(10-8-23)19-20-16(13-27-19)18-21-17(22-26-18)14-6-11-25-12-14/h1-5,13-14H,6-12H2. The summed E-state index contributed by atoms with van der Waals surface area (Å²) in [6.45, 7) is 5.33. The first-order chi connectivity index (χ1) is 13.4. The number of benzene rings is 1. The van der Waals surface area contributed by atoms with E-state index in [-0.39, 0.29) is 5.92 Å². The van der Waals surface area contributed by atoms with Gasteiger partial charge in [0.2, 0.25) is 0 Å². The molecule has 140 valence electrons. The van der Waals surface area contributed by atoms with E-state index in [4.69, 9.17) is 14.2 Å². The monoisotopic (exact) mass is 383 g/mol. The highest BCUT2D eigenvalue weighted by Crippen LogP contribution is 2.30. The molecule has 1 atom stereocenters. The van der Waals surface area contributed by atoms with Gasteiger partial charge in [-0.25, -0.2) is 4.98 Å². The molecule has 1 aromatic carbocycles. The summed E-state index contributed by atoms with van der Waals surface area (Å²) in [6, 6.07) is 10.6. The fourth-order valence-electron chi connectivity index (χ4n) is 3.55. The average molecular weight is 383 g/mol. The van der Waals surface area contributed by atoms with Gasteiger partial charge in [0.05, 0.1) is 6.61 Å². The third-order valence-corrected chi connectivity index (χ3v) is 6.02. The molecule has 1 unspecified atom stereocenters. The molecule has 27 heavy (non-hydrogen) atoms. The normalized spacial score (nSPS) is 20.4. The van der Waals surface area contributed by atoms with Gasteiger partial charge in [-0.3, -0.25) is 0 Å². The predicted molar refractivity (Wildman–Crippen MR) is 104 cm³/mol. The molecule has 2 fully saturated rings. The van der Waals surface area contributed by atoms with E-state index in [9.17, 15) is 0 Å². The molecule has 2 aliphatic heterocycles. The molecule has 0 amide bonds. The molecule has 8 heteroatoms. The lowest BCUT2D eigenvalue weighted by Gasteiger charge is -2.35. The Kier molecular flexibility index (Phi) is 4.51. The predicted octanol–water partition coefficient (Wildman–Crippen LogP) is 3.02. The molecule has 2 saturated heterocycles. The van der Waals surface area contributed by atoms with Crippen molar-refractivity contribution in [1.82, 2.24) is 15.1 Å². The molecule has 0 bridgehead atoms. The second-order valence-electron chi connectivity index (χ2n) is 6.84. The highest BCUT2D eigenvalue weighted by atomic mass is 32.1. The van der Waals surface area contributed by atoms with Gasteiger partial charge in [-0.05, 0) is 18.6 Å². The number of para-hydroxylation sites is 1. The van der Waals surface area contributed by atoms with E-state index in [0.717, 1.165) is 55.9 Å². The quantitative estimate of drug-likeness (QED) is 0.686. The minimum absolute atomic E-state index is 0.242. The van der Waals surface area contributed by atoms with Gasteiger partial charge in [0.1, 0.15) is 5.69 Å². The molecule has 2 aromatic heterocycles. The summed E-state index contributed by atoms with van der Waals surface area (Å²) in [7, 11) is 0. The average Bonchev–Trinajstić information content (AvgIpc) is 3.49. The third-order valence-electron chi connectivity index (χ3n) is 5.12. The van der Waals surface area contributed by atoms with Crippen molar-refractivity contribution < 1.29 is 9.26 Å². The largest absolute Gasteiger partial charge is 0.381 e. The smallest absolute Gasteiger partial charge is 0.277 e. The summed E-state index contributed by atoms with van der Waals surface area (Å²) in [6.07, 6.45) is 0.951. The Hall–Kier alpha value is -2.45. The van der Waals surface area contributed by atoms with Crippen LogP contribution >= 0.6 is 11.3 Å². The number of piperazine rings is 1. The van der Waals surface area contributed by atoms with Crippen LogP contribution in [0.4, 0.5) is 10.8 Å². The third kappa shape index (κ3) is 3.42. The van der Waals surface area contributed by atoms with Gasteiger partial charge < -0.3 is 19.1 Å². The fraction of sp³-hybridized carbons (Fsp3) is 0.421. The molecular formula is C19H21N5O2S. The zero-order chi connectivity index (χ0) is 18.1. The summed E-state index contributed by atoms with van der Waals surface area (Å²) < 4.78 is 10.8. The molecule has 0 saturated carbocycles. The van der Waals surface area contributed by atoms with E-state index in [1.165, 1.54) is 5.69 Å². The number of aromatic nitrogens is 3.